The smallest absolute Gasteiger partial charge is 0.164 e. The van der Waals surface area contributed by atoms with Crippen molar-refractivity contribution in [2.75, 3.05) is 19.8 Å². The van der Waals surface area contributed by atoms with Gasteiger partial charge >= 0.3 is 0 Å². The molecule has 6 heteroatoms. The molecule has 1 unspecified atom stereocenters. The minimum absolute atomic E-state index is 0.207. The summed E-state index contributed by atoms with van der Waals surface area (Å²) in [4.78, 5) is 0. The summed E-state index contributed by atoms with van der Waals surface area (Å²) in [6.45, 7) is 2.13. The van der Waals surface area contributed by atoms with E-state index in [1.165, 1.54) is 0 Å². The third kappa shape index (κ3) is 2.15. The summed E-state index contributed by atoms with van der Waals surface area (Å²) in [6, 6.07) is 5.85. The third-order valence-electron chi connectivity index (χ3n) is 4.10. The monoisotopic (exact) mass is 287 g/mol. The Balaban J connectivity index is 1.72. The highest BCUT2D eigenvalue weighted by Crippen LogP contribution is 2.35. The van der Waals surface area contributed by atoms with Crippen LogP contribution >= 0.6 is 0 Å². The van der Waals surface area contributed by atoms with Crippen LogP contribution in [0.1, 0.15) is 12.2 Å². The first-order chi connectivity index (χ1) is 10.3. The number of hydrogen-bond acceptors (Lipinski definition) is 5. The molecule has 0 bridgehead atoms. The van der Waals surface area contributed by atoms with Gasteiger partial charge < -0.3 is 19.1 Å². The minimum Gasteiger partial charge on any atom is -0.486 e. The van der Waals surface area contributed by atoms with Gasteiger partial charge in [0.05, 0.1) is 0 Å². The molecule has 1 N–H and O–H groups in total. The molecule has 2 aliphatic heterocycles. The van der Waals surface area contributed by atoms with E-state index in [2.05, 4.69) is 14.8 Å². The van der Waals surface area contributed by atoms with Gasteiger partial charge in [0.25, 0.3) is 0 Å². The van der Waals surface area contributed by atoms with Crippen molar-refractivity contribution in [3.05, 3.63) is 24.0 Å². The molecule has 0 saturated carbocycles. The van der Waals surface area contributed by atoms with E-state index in [1.54, 1.807) is 0 Å². The van der Waals surface area contributed by atoms with Crippen molar-refractivity contribution in [3.63, 3.8) is 0 Å². The Bertz CT molecular complexity index is 668. The van der Waals surface area contributed by atoms with Crippen molar-refractivity contribution in [1.82, 2.24) is 14.8 Å². The van der Waals surface area contributed by atoms with Crippen LogP contribution in [0.5, 0.6) is 11.5 Å². The lowest BCUT2D eigenvalue weighted by atomic mass is 10.00. The van der Waals surface area contributed by atoms with Crippen LogP contribution < -0.4 is 9.47 Å². The zero-order valence-corrected chi connectivity index (χ0v) is 11.7. The summed E-state index contributed by atoms with van der Waals surface area (Å²) in [5.41, 5.74) is 0.969. The van der Waals surface area contributed by atoms with Gasteiger partial charge in [-0.1, -0.05) is 0 Å². The van der Waals surface area contributed by atoms with Gasteiger partial charge in [-0.3, -0.25) is 0 Å². The van der Waals surface area contributed by atoms with Crippen molar-refractivity contribution in [3.8, 4) is 22.9 Å². The number of ether oxygens (including phenoxy) is 2. The summed E-state index contributed by atoms with van der Waals surface area (Å²) in [5.74, 6) is 3.64. The maximum absolute atomic E-state index is 9.38. The topological polar surface area (TPSA) is 69.4 Å². The summed E-state index contributed by atoms with van der Waals surface area (Å²) in [6.07, 6.45) is 1.83. The van der Waals surface area contributed by atoms with Crippen molar-refractivity contribution in [2.24, 2.45) is 5.92 Å². The predicted molar refractivity (Wildman–Crippen MR) is 75.3 cm³/mol. The maximum atomic E-state index is 9.38. The second kappa shape index (κ2) is 5.04. The van der Waals surface area contributed by atoms with E-state index in [1.807, 2.05) is 18.2 Å². The third-order valence-corrected chi connectivity index (χ3v) is 4.10. The van der Waals surface area contributed by atoms with E-state index < -0.39 is 0 Å². The minimum atomic E-state index is 0.207. The Labute approximate surface area is 122 Å². The zero-order valence-electron chi connectivity index (χ0n) is 11.7. The average molecular weight is 287 g/mol. The largest absolute Gasteiger partial charge is 0.486 e. The van der Waals surface area contributed by atoms with Crippen LogP contribution in [-0.2, 0) is 13.0 Å². The fourth-order valence-electron chi connectivity index (χ4n) is 2.94. The Kier molecular flexibility index (Phi) is 3.03. The average Bonchev–Trinajstić information content (AvgIpc) is 2.97. The van der Waals surface area contributed by atoms with E-state index in [4.69, 9.17) is 9.47 Å². The fraction of sp³-hybridized carbons (Fsp3) is 0.467. The van der Waals surface area contributed by atoms with Gasteiger partial charge in [-0.15, -0.1) is 10.2 Å². The first-order valence-corrected chi connectivity index (χ1v) is 7.28. The van der Waals surface area contributed by atoms with Crippen LogP contribution in [0.2, 0.25) is 0 Å². The van der Waals surface area contributed by atoms with E-state index in [-0.39, 0.29) is 12.5 Å². The van der Waals surface area contributed by atoms with Crippen LogP contribution in [-0.4, -0.2) is 39.7 Å². The molecule has 0 radical (unpaired) electrons. The van der Waals surface area contributed by atoms with Crippen LogP contribution in [0.25, 0.3) is 11.4 Å². The summed E-state index contributed by atoms with van der Waals surface area (Å²) >= 11 is 0. The summed E-state index contributed by atoms with van der Waals surface area (Å²) < 4.78 is 13.3. The Morgan fingerprint density at radius 1 is 1.19 bits per heavy atom. The number of rotatable bonds is 2. The van der Waals surface area contributed by atoms with Crippen molar-refractivity contribution >= 4 is 0 Å². The number of aliphatic hydroxyl groups excluding tert-OH is 1. The van der Waals surface area contributed by atoms with Gasteiger partial charge in [-0.2, -0.15) is 0 Å². The number of aryl methyl sites for hydroxylation is 1. The SMILES string of the molecule is OCC1CCc2nnc(-c3ccc4c(c3)OCCO4)n2C1. The highest BCUT2D eigenvalue weighted by Gasteiger charge is 2.24. The zero-order chi connectivity index (χ0) is 14.2. The Hall–Kier alpha value is -2.08. The van der Waals surface area contributed by atoms with E-state index >= 15 is 0 Å². The van der Waals surface area contributed by atoms with Gasteiger partial charge in [0.15, 0.2) is 17.3 Å². The number of aromatic nitrogens is 3. The number of nitrogens with zero attached hydrogens (tertiary/aromatic N) is 3. The van der Waals surface area contributed by atoms with Gasteiger partial charge in [-0.05, 0) is 24.6 Å². The molecule has 1 atom stereocenters. The van der Waals surface area contributed by atoms with Crippen LogP contribution in [0.15, 0.2) is 18.2 Å². The molecule has 3 heterocycles. The van der Waals surface area contributed by atoms with Crippen molar-refractivity contribution < 1.29 is 14.6 Å². The highest BCUT2D eigenvalue weighted by molar-refractivity contribution is 5.61. The molecule has 0 amide bonds. The summed E-state index contributed by atoms with van der Waals surface area (Å²) in [5, 5.41) is 18.0. The van der Waals surface area contributed by atoms with E-state index in [0.29, 0.717) is 13.2 Å². The predicted octanol–water partition coefficient (Wildman–Crippen LogP) is 1.27. The second-order valence-electron chi connectivity index (χ2n) is 5.50. The van der Waals surface area contributed by atoms with Crippen LogP contribution in [0.3, 0.4) is 0 Å². The molecule has 1 aromatic carbocycles. The summed E-state index contributed by atoms with van der Waals surface area (Å²) in [7, 11) is 0. The molecule has 4 rings (SSSR count). The fourth-order valence-corrected chi connectivity index (χ4v) is 2.94. The van der Waals surface area contributed by atoms with Gasteiger partial charge in [0, 0.05) is 31.1 Å². The van der Waals surface area contributed by atoms with Gasteiger partial charge in [-0.25, -0.2) is 0 Å². The standard InChI is InChI=1S/C15H17N3O3/c19-9-10-1-4-14-16-17-15(18(14)8-10)11-2-3-12-13(7-11)21-6-5-20-12/h2-3,7,10,19H,1,4-6,8-9H2. The molecule has 0 spiro atoms. The lowest BCUT2D eigenvalue weighted by Gasteiger charge is -2.23. The normalized spacial score (nSPS) is 20.1. The van der Waals surface area contributed by atoms with Crippen molar-refractivity contribution in [1.29, 1.82) is 0 Å². The molecule has 0 fully saturated rings. The molecular formula is C15H17N3O3. The second-order valence-corrected chi connectivity index (χ2v) is 5.50. The van der Waals surface area contributed by atoms with Gasteiger partial charge in [0.1, 0.15) is 19.0 Å². The molecule has 6 nitrogen and oxygen atoms in total. The number of aliphatic hydroxyl groups is 1. The highest BCUT2D eigenvalue weighted by atomic mass is 16.6. The Morgan fingerprint density at radius 3 is 2.90 bits per heavy atom. The molecule has 110 valence electrons. The molecule has 2 aliphatic rings. The molecule has 0 aliphatic carbocycles. The number of hydrogen-bond donors (Lipinski definition) is 1. The van der Waals surface area contributed by atoms with E-state index in [9.17, 15) is 5.11 Å². The quantitative estimate of drug-likeness (QED) is 0.901. The first kappa shape index (κ1) is 12.6. The lowest BCUT2D eigenvalue weighted by Crippen LogP contribution is -2.23. The molecule has 0 saturated heterocycles. The molecular weight excluding hydrogens is 270 g/mol. The maximum Gasteiger partial charge on any atom is 0.164 e. The number of benzene rings is 1. The van der Waals surface area contributed by atoms with Crippen molar-refractivity contribution in [2.45, 2.75) is 19.4 Å². The van der Waals surface area contributed by atoms with Gasteiger partial charge in [0.2, 0.25) is 0 Å². The molecule has 1 aromatic heterocycles. The number of fused-ring (bicyclic) bond motifs is 2. The Morgan fingerprint density at radius 2 is 2.05 bits per heavy atom. The first-order valence-electron chi connectivity index (χ1n) is 7.28. The van der Waals surface area contributed by atoms with Crippen LogP contribution in [0, 0.1) is 5.92 Å². The van der Waals surface area contributed by atoms with E-state index in [0.717, 1.165) is 48.1 Å². The molecule has 21 heavy (non-hydrogen) atoms. The molecule has 2 aromatic rings. The lowest BCUT2D eigenvalue weighted by molar-refractivity contribution is 0.171. The van der Waals surface area contributed by atoms with Crippen LogP contribution in [0.4, 0.5) is 0 Å².